The first-order chi connectivity index (χ1) is 7.93. The van der Waals surface area contributed by atoms with Crippen LogP contribution >= 0.6 is 0 Å². The molecule has 0 radical (unpaired) electrons. The SMILES string of the molecule is CC(=O)NCCCCCC(=O)NC(C)C(=O)O. The van der Waals surface area contributed by atoms with Gasteiger partial charge in [-0.2, -0.15) is 0 Å². The van der Waals surface area contributed by atoms with Gasteiger partial charge in [0.2, 0.25) is 11.8 Å². The average Bonchev–Trinajstić information content (AvgIpc) is 2.22. The molecule has 3 N–H and O–H groups in total. The topological polar surface area (TPSA) is 95.5 Å². The summed E-state index contributed by atoms with van der Waals surface area (Å²) in [6, 6.07) is -0.845. The van der Waals surface area contributed by atoms with Crippen LogP contribution in [0.4, 0.5) is 0 Å². The molecule has 2 amide bonds. The molecule has 0 saturated carbocycles. The lowest BCUT2D eigenvalue weighted by atomic mass is 10.2. The minimum atomic E-state index is -1.04. The molecule has 0 saturated heterocycles. The van der Waals surface area contributed by atoms with Crippen LogP contribution in [-0.4, -0.2) is 35.5 Å². The summed E-state index contributed by atoms with van der Waals surface area (Å²) in [5, 5.41) is 13.6. The summed E-state index contributed by atoms with van der Waals surface area (Å²) < 4.78 is 0. The molecule has 0 fully saturated rings. The minimum absolute atomic E-state index is 0.0574. The van der Waals surface area contributed by atoms with E-state index in [1.54, 1.807) is 0 Å². The third kappa shape index (κ3) is 9.35. The summed E-state index contributed by atoms with van der Waals surface area (Å²) in [6.45, 7) is 3.50. The zero-order valence-electron chi connectivity index (χ0n) is 10.3. The van der Waals surface area contributed by atoms with Gasteiger partial charge in [0, 0.05) is 19.9 Å². The third-order valence-electron chi connectivity index (χ3n) is 2.20. The molecule has 0 heterocycles. The number of carbonyl (C=O) groups is 3. The molecule has 6 nitrogen and oxygen atoms in total. The Balaban J connectivity index is 3.45. The summed E-state index contributed by atoms with van der Waals surface area (Å²) in [6.07, 6.45) is 2.66. The lowest BCUT2D eigenvalue weighted by molar-refractivity contribution is -0.141. The first kappa shape index (κ1) is 15.4. The molecule has 6 heteroatoms. The standard InChI is InChI=1S/C11H20N2O4/c1-8(11(16)17)13-10(15)6-4-3-5-7-12-9(2)14/h8H,3-7H2,1-2H3,(H,12,14)(H,13,15)(H,16,17). The number of nitrogens with one attached hydrogen (secondary N) is 2. The Bertz CT molecular complexity index is 279. The highest BCUT2D eigenvalue weighted by Gasteiger charge is 2.12. The Morgan fingerprint density at radius 3 is 2.35 bits per heavy atom. The van der Waals surface area contributed by atoms with Crippen LogP contribution in [0.5, 0.6) is 0 Å². The van der Waals surface area contributed by atoms with E-state index in [-0.39, 0.29) is 11.8 Å². The normalized spacial score (nSPS) is 11.6. The summed E-state index contributed by atoms with van der Waals surface area (Å²) in [4.78, 5) is 32.3. The third-order valence-corrected chi connectivity index (χ3v) is 2.20. The van der Waals surface area contributed by atoms with E-state index in [0.29, 0.717) is 19.4 Å². The predicted molar refractivity (Wildman–Crippen MR) is 62.4 cm³/mol. The maximum atomic E-state index is 11.3. The number of hydrogen-bond acceptors (Lipinski definition) is 3. The average molecular weight is 244 g/mol. The van der Waals surface area contributed by atoms with Crippen molar-refractivity contribution in [2.45, 2.75) is 45.6 Å². The van der Waals surface area contributed by atoms with Crippen molar-refractivity contribution in [3.8, 4) is 0 Å². The van der Waals surface area contributed by atoms with Crippen molar-refractivity contribution in [2.75, 3.05) is 6.54 Å². The molecule has 0 bridgehead atoms. The Labute approximate surface area is 101 Å². The van der Waals surface area contributed by atoms with Gasteiger partial charge in [-0.15, -0.1) is 0 Å². The van der Waals surface area contributed by atoms with Crippen LogP contribution in [0, 0.1) is 0 Å². The quantitative estimate of drug-likeness (QED) is 0.534. The second-order valence-electron chi connectivity index (χ2n) is 3.92. The van der Waals surface area contributed by atoms with Crippen LogP contribution < -0.4 is 10.6 Å². The highest BCUT2D eigenvalue weighted by molar-refractivity contribution is 5.83. The van der Waals surface area contributed by atoms with Gasteiger partial charge < -0.3 is 15.7 Å². The van der Waals surface area contributed by atoms with Gasteiger partial charge in [-0.05, 0) is 19.8 Å². The zero-order valence-corrected chi connectivity index (χ0v) is 10.3. The van der Waals surface area contributed by atoms with Gasteiger partial charge in [0.1, 0.15) is 6.04 Å². The number of carboxylic acid groups (broad SMARTS) is 1. The van der Waals surface area contributed by atoms with Crippen molar-refractivity contribution >= 4 is 17.8 Å². The summed E-state index contributed by atoms with van der Waals surface area (Å²) in [5.41, 5.74) is 0. The monoisotopic (exact) mass is 244 g/mol. The van der Waals surface area contributed by atoms with E-state index < -0.39 is 12.0 Å². The van der Waals surface area contributed by atoms with Crippen LogP contribution in [0.25, 0.3) is 0 Å². The van der Waals surface area contributed by atoms with Crippen LogP contribution in [-0.2, 0) is 14.4 Å². The molecule has 0 aliphatic rings. The van der Waals surface area contributed by atoms with Gasteiger partial charge in [0.05, 0.1) is 0 Å². The van der Waals surface area contributed by atoms with Crippen molar-refractivity contribution in [2.24, 2.45) is 0 Å². The van der Waals surface area contributed by atoms with Crippen molar-refractivity contribution in [1.82, 2.24) is 10.6 Å². The number of rotatable bonds is 8. The largest absolute Gasteiger partial charge is 0.480 e. The maximum absolute atomic E-state index is 11.3. The molecule has 0 aliphatic heterocycles. The van der Waals surface area contributed by atoms with Crippen LogP contribution in [0.2, 0.25) is 0 Å². The minimum Gasteiger partial charge on any atom is -0.480 e. The number of aliphatic carboxylic acids is 1. The number of amides is 2. The van der Waals surface area contributed by atoms with Gasteiger partial charge in [-0.3, -0.25) is 14.4 Å². The van der Waals surface area contributed by atoms with Crippen molar-refractivity contribution in [3.63, 3.8) is 0 Å². The van der Waals surface area contributed by atoms with E-state index in [2.05, 4.69) is 10.6 Å². The smallest absolute Gasteiger partial charge is 0.325 e. The summed E-state index contributed by atoms with van der Waals surface area (Å²) in [5.74, 6) is -1.35. The molecule has 0 spiro atoms. The zero-order chi connectivity index (χ0) is 13.3. The van der Waals surface area contributed by atoms with Crippen LogP contribution in [0.15, 0.2) is 0 Å². The lowest BCUT2D eigenvalue weighted by Gasteiger charge is -2.08. The second-order valence-corrected chi connectivity index (χ2v) is 3.92. The molecule has 1 unspecified atom stereocenters. The molecule has 0 aromatic heterocycles. The van der Waals surface area contributed by atoms with E-state index in [0.717, 1.165) is 12.8 Å². The Kier molecular flexibility index (Phi) is 7.75. The Hall–Kier alpha value is -1.59. The van der Waals surface area contributed by atoms with Gasteiger partial charge in [0.25, 0.3) is 0 Å². The van der Waals surface area contributed by atoms with Gasteiger partial charge in [-0.1, -0.05) is 6.42 Å². The van der Waals surface area contributed by atoms with E-state index in [9.17, 15) is 14.4 Å². The molecule has 1 atom stereocenters. The maximum Gasteiger partial charge on any atom is 0.325 e. The summed E-state index contributed by atoms with van der Waals surface area (Å²) >= 11 is 0. The first-order valence-electron chi connectivity index (χ1n) is 5.70. The van der Waals surface area contributed by atoms with E-state index >= 15 is 0 Å². The molecule has 17 heavy (non-hydrogen) atoms. The lowest BCUT2D eigenvalue weighted by Crippen LogP contribution is -2.38. The molecule has 0 aliphatic carbocycles. The molecule has 0 rings (SSSR count). The number of carboxylic acids is 1. The fourth-order valence-corrected chi connectivity index (χ4v) is 1.23. The van der Waals surface area contributed by atoms with E-state index in [1.165, 1.54) is 13.8 Å². The van der Waals surface area contributed by atoms with Gasteiger partial charge in [0.15, 0.2) is 0 Å². The highest BCUT2D eigenvalue weighted by Crippen LogP contribution is 1.99. The Morgan fingerprint density at radius 1 is 1.18 bits per heavy atom. The van der Waals surface area contributed by atoms with Crippen molar-refractivity contribution < 1.29 is 19.5 Å². The number of unbranched alkanes of at least 4 members (excludes halogenated alkanes) is 2. The van der Waals surface area contributed by atoms with Crippen molar-refractivity contribution in [3.05, 3.63) is 0 Å². The van der Waals surface area contributed by atoms with E-state index in [4.69, 9.17) is 5.11 Å². The van der Waals surface area contributed by atoms with E-state index in [1.807, 2.05) is 0 Å². The summed E-state index contributed by atoms with van der Waals surface area (Å²) in [7, 11) is 0. The van der Waals surface area contributed by atoms with Gasteiger partial charge >= 0.3 is 5.97 Å². The number of hydrogen-bond donors (Lipinski definition) is 3. The molecule has 0 aromatic carbocycles. The Morgan fingerprint density at radius 2 is 1.82 bits per heavy atom. The second kappa shape index (κ2) is 8.55. The van der Waals surface area contributed by atoms with Crippen molar-refractivity contribution in [1.29, 1.82) is 0 Å². The molecule has 0 aromatic rings. The predicted octanol–water partition coefficient (Wildman–Crippen LogP) is 0.272. The fourth-order valence-electron chi connectivity index (χ4n) is 1.23. The van der Waals surface area contributed by atoms with Crippen LogP contribution in [0.3, 0.4) is 0 Å². The number of carbonyl (C=O) groups excluding carboxylic acids is 2. The highest BCUT2D eigenvalue weighted by atomic mass is 16.4. The van der Waals surface area contributed by atoms with Crippen LogP contribution in [0.1, 0.15) is 39.5 Å². The molecular weight excluding hydrogens is 224 g/mol. The molecular formula is C11H20N2O4. The van der Waals surface area contributed by atoms with Gasteiger partial charge in [-0.25, -0.2) is 0 Å². The fraction of sp³-hybridized carbons (Fsp3) is 0.727. The molecule has 98 valence electrons. The first-order valence-corrected chi connectivity index (χ1v) is 5.70.